The second kappa shape index (κ2) is 10.5. The van der Waals surface area contributed by atoms with Crippen molar-refractivity contribution in [1.82, 2.24) is 9.21 Å². The molecule has 0 spiro atoms. The Hall–Kier alpha value is -1.51. The Balaban J connectivity index is 1.82. The fourth-order valence-corrected chi connectivity index (χ4v) is 4.89. The van der Waals surface area contributed by atoms with E-state index in [1.165, 1.54) is 10.4 Å². The standard InChI is InChI=1S/C21H26ClFN2O3S/c22-10-9-18-5-7-20(8-6-18)29(26,27)25(12-11-24-13-15-28-16-14-24)17-19-3-1-2-4-21(19)23/h1-8H,9-17H2. The van der Waals surface area contributed by atoms with Crippen LogP contribution in [0.15, 0.2) is 53.4 Å². The predicted molar refractivity (Wildman–Crippen MR) is 112 cm³/mol. The third-order valence-corrected chi connectivity index (χ3v) is 7.07. The number of hydrogen-bond donors (Lipinski definition) is 0. The molecule has 1 aliphatic rings. The van der Waals surface area contributed by atoms with Crippen LogP contribution in [-0.2, 0) is 27.7 Å². The first-order chi connectivity index (χ1) is 14.0. The van der Waals surface area contributed by atoms with E-state index >= 15 is 0 Å². The van der Waals surface area contributed by atoms with Gasteiger partial charge < -0.3 is 4.74 Å². The van der Waals surface area contributed by atoms with Gasteiger partial charge in [0.1, 0.15) is 5.82 Å². The highest BCUT2D eigenvalue weighted by atomic mass is 35.5. The minimum absolute atomic E-state index is 0.0111. The minimum Gasteiger partial charge on any atom is -0.379 e. The van der Waals surface area contributed by atoms with Gasteiger partial charge in [-0.15, -0.1) is 11.6 Å². The van der Waals surface area contributed by atoms with E-state index in [4.69, 9.17) is 16.3 Å². The van der Waals surface area contributed by atoms with E-state index in [0.29, 0.717) is 37.6 Å². The fourth-order valence-electron chi connectivity index (χ4n) is 3.26. The number of morpholine rings is 1. The molecule has 0 amide bonds. The van der Waals surface area contributed by atoms with Crippen LogP contribution in [0.1, 0.15) is 11.1 Å². The number of alkyl halides is 1. The maximum Gasteiger partial charge on any atom is 0.243 e. The zero-order chi connectivity index (χ0) is 20.7. The van der Waals surface area contributed by atoms with Crippen molar-refractivity contribution >= 4 is 21.6 Å². The normalized spacial score (nSPS) is 15.7. The Bertz CT molecular complexity index is 887. The molecule has 0 unspecified atom stereocenters. The lowest BCUT2D eigenvalue weighted by Gasteiger charge is -2.30. The number of benzene rings is 2. The number of hydrogen-bond acceptors (Lipinski definition) is 4. The van der Waals surface area contributed by atoms with Crippen molar-refractivity contribution in [1.29, 1.82) is 0 Å². The van der Waals surface area contributed by atoms with Crippen LogP contribution in [0.2, 0.25) is 0 Å². The molecule has 1 saturated heterocycles. The van der Waals surface area contributed by atoms with Gasteiger partial charge in [-0.25, -0.2) is 12.8 Å². The van der Waals surface area contributed by atoms with Gasteiger partial charge in [-0.3, -0.25) is 4.90 Å². The van der Waals surface area contributed by atoms with Crippen molar-refractivity contribution in [2.24, 2.45) is 0 Å². The monoisotopic (exact) mass is 440 g/mol. The largest absolute Gasteiger partial charge is 0.379 e. The van der Waals surface area contributed by atoms with E-state index in [-0.39, 0.29) is 18.0 Å². The summed E-state index contributed by atoms with van der Waals surface area (Å²) in [5.74, 6) is 0.0712. The molecule has 2 aromatic rings. The Kier molecular flexibility index (Phi) is 8.03. The minimum atomic E-state index is -3.77. The smallest absolute Gasteiger partial charge is 0.243 e. The zero-order valence-corrected chi connectivity index (χ0v) is 17.8. The zero-order valence-electron chi connectivity index (χ0n) is 16.3. The van der Waals surface area contributed by atoms with Crippen molar-refractivity contribution in [2.45, 2.75) is 17.9 Å². The van der Waals surface area contributed by atoms with Gasteiger partial charge in [0.05, 0.1) is 18.1 Å². The molecule has 8 heteroatoms. The third-order valence-electron chi connectivity index (χ3n) is 5.02. The van der Waals surface area contributed by atoms with Crippen LogP contribution in [0, 0.1) is 5.82 Å². The van der Waals surface area contributed by atoms with Gasteiger partial charge in [-0.05, 0) is 30.2 Å². The van der Waals surface area contributed by atoms with Gasteiger partial charge in [0, 0.05) is 44.2 Å². The Morgan fingerprint density at radius 2 is 1.76 bits per heavy atom. The van der Waals surface area contributed by atoms with E-state index in [2.05, 4.69) is 4.90 Å². The molecule has 0 aliphatic carbocycles. The lowest BCUT2D eigenvalue weighted by molar-refractivity contribution is 0.0361. The molecule has 29 heavy (non-hydrogen) atoms. The van der Waals surface area contributed by atoms with Crippen LogP contribution in [0.3, 0.4) is 0 Å². The van der Waals surface area contributed by atoms with Crippen LogP contribution in [0.25, 0.3) is 0 Å². The van der Waals surface area contributed by atoms with Crippen LogP contribution in [0.5, 0.6) is 0 Å². The lowest BCUT2D eigenvalue weighted by Crippen LogP contribution is -2.43. The number of aryl methyl sites for hydroxylation is 1. The van der Waals surface area contributed by atoms with E-state index < -0.39 is 15.8 Å². The first kappa shape index (κ1) is 22.2. The molecule has 158 valence electrons. The van der Waals surface area contributed by atoms with Crippen LogP contribution >= 0.6 is 11.6 Å². The molecule has 1 fully saturated rings. The number of nitrogens with zero attached hydrogens (tertiary/aromatic N) is 2. The Labute approximate surface area is 177 Å². The highest BCUT2D eigenvalue weighted by molar-refractivity contribution is 7.89. The second-order valence-corrected chi connectivity index (χ2v) is 9.28. The average molecular weight is 441 g/mol. The summed E-state index contributed by atoms with van der Waals surface area (Å²) in [5, 5.41) is 0. The van der Waals surface area contributed by atoms with Crippen LogP contribution in [-0.4, -0.2) is 62.9 Å². The first-order valence-electron chi connectivity index (χ1n) is 9.69. The van der Waals surface area contributed by atoms with Crippen molar-refractivity contribution in [3.8, 4) is 0 Å². The van der Waals surface area contributed by atoms with Gasteiger partial charge >= 0.3 is 0 Å². The van der Waals surface area contributed by atoms with Gasteiger partial charge in [0.2, 0.25) is 10.0 Å². The first-order valence-corrected chi connectivity index (χ1v) is 11.7. The average Bonchev–Trinajstić information content (AvgIpc) is 2.73. The molecule has 2 aromatic carbocycles. The number of rotatable bonds is 9. The molecule has 1 heterocycles. The summed E-state index contributed by atoms with van der Waals surface area (Å²) in [5.41, 5.74) is 1.34. The Morgan fingerprint density at radius 3 is 2.41 bits per heavy atom. The summed E-state index contributed by atoms with van der Waals surface area (Å²) in [6.45, 7) is 3.65. The van der Waals surface area contributed by atoms with Crippen molar-refractivity contribution in [3.63, 3.8) is 0 Å². The van der Waals surface area contributed by atoms with Crippen molar-refractivity contribution < 1.29 is 17.5 Å². The van der Waals surface area contributed by atoms with Crippen LogP contribution in [0.4, 0.5) is 4.39 Å². The molecule has 5 nitrogen and oxygen atoms in total. The quantitative estimate of drug-likeness (QED) is 0.562. The number of ether oxygens (including phenoxy) is 1. The molecular weight excluding hydrogens is 415 g/mol. The summed E-state index contributed by atoms with van der Waals surface area (Å²) in [6.07, 6.45) is 0.678. The molecule has 0 atom stereocenters. The molecule has 1 aliphatic heterocycles. The highest BCUT2D eigenvalue weighted by Crippen LogP contribution is 2.21. The topological polar surface area (TPSA) is 49.9 Å². The maximum atomic E-state index is 14.2. The number of halogens is 2. The molecule has 0 aromatic heterocycles. The molecule has 0 N–H and O–H groups in total. The summed E-state index contributed by atoms with van der Waals surface area (Å²) in [7, 11) is -3.77. The maximum absolute atomic E-state index is 14.2. The van der Waals surface area contributed by atoms with Crippen LogP contribution < -0.4 is 0 Å². The summed E-state index contributed by atoms with van der Waals surface area (Å²) >= 11 is 5.76. The van der Waals surface area contributed by atoms with E-state index in [1.54, 1.807) is 42.5 Å². The molecule has 3 rings (SSSR count). The van der Waals surface area contributed by atoms with Gasteiger partial charge in [-0.1, -0.05) is 30.3 Å². The molecule has 0 bridgehead atoms. The highest BCUT2D eigenvalue weighted by Gasteiger charge is 2.26. The van der Waals surface area contributed by atoms with E-state index in [0.717, 1.165) is 18.7 Å². The van der Waals surface area contributed by atoms with Gasteiger partial charge in [0.25, 0.3) is 0 Å². The van der Waals surface area contributed by atoms with E-state index in [9.17, 15) is 12.8 Å². The fraction of sp³-hybridized carbons (Fsp3) is 0.429. The summed E-state index contributed by atoms with van der Waals surface area (Å²) < 4.78 is 47.6. The number of sulfonamides is 1. The SMILES string of the molecule is O=S(=O)(c1ccc(CCCl)cc1)N(CCN1CCOCC1)Cc1ccccc1F. The van der Waals surface area contributed by atoms with Crippen molar-refractivity contribution in [3.05, 3.63) is 65.5 Å². The van der Waals surface area contributed by atoms with E-state index in [1.807, 2.05) is 0 Å². The second-order valence-electron chi connectivity index (χ2n) is 6.97. The molecule has 0 saturated carbocycles. The van der Waals surface area contributed by atoms with Gasteiger partial charge in [0.15, 0.2) is 0 Å². The van der Waals surface area contributed by atoms with Crippen molar-refractivity contribution in [2.75, 3.05) is 45.3 Å². The molecular formula is C21H26ClFN2O3S. The predicted octanol–water partition coefficient (Wildman–Crippen LogP) is 3.13. The lowest BCUT2D eigenvalue weighted by atomic mass is 10.2. The molecule has 0 radical (unpaired) electrons. The summed E-state index contributed by atoms with van der Waals surface area (Å²) in [4.78, 5) is 2.37. The van der Waals surface area contributed by atoms with Gasteiger partial charge in [-0.2, -0.15) is 4.31 Å². The Morgan fingerprint density at radius 1 is 1.07 bits per heavy atom. The third kappa shape index (κ3) is 5.99. The summed E-state index contributed by atoms with van der Waals surface area (Å²) in [6, 6.07) is 13.0.